The molecule has 2 atom stereocenters. The molecule has 0 aromatic heterocycles. The Labute approximate surface area is 178 Å². The van der Waals surface area contributed by atoms with Gasteiger partial charge in [-0.15, -0.1) is 0 Å². The van der Waals surface area contributed by atoms with Crippen LogP contribution >= 0.6 is 0 Å². The van der Waals surface area contributed by atoms with E-state index in [-0.39, 0.29) is 0 Å². The summed E-state index contributed by atoms with van der Waals surface area (Å²) in [4.78, 5) is 47.7. The molecule has 0 radical (unpaired) electrons. The number of rotatable bonds is 9. The second kappa shape index (κ2) is 10.7. The largest absolute Gasteiger partial charge is 0.478 e. The van der Waals surface area contributed by atoms with Crippen LogP contribution in [0.3, 0.4) is 0 Å². The number of carboxylic acid groups (broad SMARTS) is 1. The maximum Gasteiger partial charge on any atom is 0.338 e. The molecular weight excluding hydrogens is 404 g/mol. The second-order valence-electron chi connectivity index (χ2n) is 6.38. The quantitative estimate of drug-likeness (QED) is 0.399. The first-order valence-corrected chi connectivity index (χ1v) is 9.14. The third-order valence-electron chi connectivity index (χ3n) is 4.41. The molecule has 31 heavy (non-hydrogen) atoms. The SMILES string of the molecule is COC(=O)C(NC(=O)COC(=O)/C=C\C(=O)O)(c1ccccc1)C(N)c1ccccc1. The highest BCUT2D eigenvalue weighted by atomic mass is 16.5. The van der Waals surface area contributed by atoms with Crippen LogP contribution in [0.5, 0.6) is 0 Å². The molecular formula is C22H22N2O7. The first-order valence-electron chi connectivity index (χ1n) is 9.14. The Morgan fingerprint density at radius 3 is 2.16 bits per heavy atom. The molecule has 4 N–H and O–H groups in total. The lowest BCUT2D eigenvalue weighted by Crippen LogP contribution is -2.59. The predicted molar refractivity (Wildman–Crippen MR) is 109 cm³/mol. The maximum absolute atomic E-state index is 13.0. The highest BCUT2D eigenvalue weighted by molar-refractivity contribution is 5.93. The van der Waals surface area contributed by atoms with Gasteiger partial charge in [-0.25, -0.2) is 14.4 Å². The van der Waals surface area contributed by atoms with E-state index < -0.39 is 42.0 Å². The van der Waals surface area contributed by atoms with Crippen LogP contribution in [-0.4, -0.2) is 42.6 Å². The smallest absolute Gasteiger partial charge is 0.338 e. The molecule has 0 saturated heterocycles. The number of hydrogen-bond acceptors (Lipinski definition) is 7. The van der Waals surface area contributed by atoms with Gasteiger partial charge in [0.2, 0.25) is 0 Å². The maximum atomic E-state index is 13.0. The Balaban J connectivity index is 2.39. The number of carbonyl (C=O) groups is 4. The molecule has 0 heterocycles. The zero-order chi connectivity index (χ0) is 22.9. The van der Waals surface area contributed by atoms with Crippen LogP contribution < -0.4 is 11.1 Å². The van der Waals surface area contributed by atoms with Crippen molar-refractivity contribution in [1.29, 1.82) is 0 Å². The minimum absolute atomic E-state index is 0.364. The summed E-state index contributed by atoms with van der Waals surface area (Å²) in [5.41, 5.74) is 5.57. The fourth-order valence-electron chi connectivity index (χ4n) is 2.98. The van der Waals surface area contributed by atoms with E-state index in [1.54, 1.807) is 60.7 Å². The van der Waals surface area contributed by atoms with Crippen molar-refractivity contribution >= 4 is 23.8 Å². The average Bonchev–Trinajstić information content (AvgIpc) is 2.80. The van der Waals surface area contributed by atoms with Crippen LogP contribution in [0, 0.1) is 0 Å². The lowest BCUT2D eigenvalue weighted by molar-refractivity contribution is -0.154. The van der Waals surface area contributed by atoms with Crippen LogP contribution in [0.4, 0.5) is 0 Å². The van der Waals surface area contributed by atoms with Gasteiger partial charge < -0.3 is 25.6 Å². The molecule has 2 unspecified atom stereocenters. The van der Waals surface area contributed by atoms with E-state index in [1.807, 2.05) is 0 Å². The fraction of sp³-hybridized carbons (Fsp3) is 0.182. The summed E-state index contributed by atoms with van der Waals surface area (Å²) in [5, 5.41) is 11.1. The van der Waals surface area contributed by atoms with Crippen molar-refractivity contribution in [3.63, 3.8) is 0 Å². The molecule has 0 aliphatic heterocycles. The van der Waals surface area contributed by atoms with Crippen molar-refractivity contribution in [3.8, 4) is 0 Å². The number of ether oxygens (including phenoxy) is 2. The molecule has 2 rings (SSSR count). The minimum Gasteiger partial charge on any atom is -0.478 e. The molecule has 0 fully saturated rings. The van der Waals surface area contributed by atoms with Crippen LogP contribution in [-0.2, 0) is 34.2 Å². The summed E-state index contributed by atoms with van der Waals surface area (Å²) in [7, 11) is 1.17. The van der Waals surface area contributed by atoms with E-state index in [0.29, 0.717) is 23.3 Å². The van der Waals surface area contributed by atoms with E-state index in [2.05, 4.69) is 5.32 Å². The van der Waals surface area contributed by atoms with Crippen molar-refractivity contribution < 1.29 is 33.8 Å². The molecule has 2 aromatic carbocycles. The Hall–Kier alpha value is -3.98. The van der Waals surface area contributed by atoms with Gasteiger partial charge >= 0.3 is 17.9 Å². The molecule has 1 amide bonds. The third kappa shape index (κ3) is 5.77. The van der Waals surface area contributed by atoms with E-state index in [0.717, 1.165) is 0 Å². The minimum atomic E-state index is -1.82. The Bertz CT molecular complexity index is 960. The van der Waals surface area contributed by atoms with Crippen LogP contribution in [0.15, 0.2) is 72.8 Å². The molecule has 0 saturated carbocycles. The second-order valence-corrected chi connectivity index (χ2v) is 6.38. The lowest BCUT2D eigenvalue weighted by atomic mass is 9.79. The highest BCUT2D eigenvalue weighted by Crippen LogP contribution is 2.35. The molecule has 0 bridgehead atoms. The van der Waals surface area contributed by atoms with Crippen LogP contribution in [0.1, 0.15) is 17.2 Å². The first-order chi connectivity index (χ1) is 14.8. The molecule has 0 spiro atoms. The number of nitrogens with one attached hydrogen (secondary N) is 1. The number of methoxy groups -OCH3 is 1. The van der Waals surface area contributed by atoms with Crippen molar-refractivity contribution in [2.24, 2.45) is 5.73 Å². The number of benzene rings is 2. The summed E-state index contributed by atoms with van der Waals surface area (Å²) in [6.07, 6.45) is 1.24. The number of hydrogen-bond donors (Lipinski definition) is 3. The summed E-state index contributed by atoms with van der Waals surface area (Å²) < 4.78 is 9.73. The number of aliphatic carboxylic acids is 1. The van der Waals surface area contributed by atoms with Gasteiger partial charge in [-0.2, -0.15) is 0 Å². The fourth-order valence-corrected chi connectivity index (χ4v) is 2.98. The topological polar surface area (TPSA) is 145 Å². The molecule has 0 aliphatic carbocycles. The standard InChI is InChI=1S/C22H22N2O7/c1-30-21(29)22(16-10-6-3-7-11-16,20(23)15-8-4-2-5-9-15)24-17(25)14-31-19(28)13-12-18(26)27/h2-13,20H,14,23H2,1H3,(H,24,25)(H,26,27)/b13-12-. The van der Waals surface area contributed by atoms with Gasteiger partial charge in [0.15, 0.2) is 12.1 Å². The van der Waals surface area contributed by atoms with Crippen molar-refractivity contribution in [1.82, 2.24) is 5.32 Å². The van der Waals surface area contributed by atoms with Crippen LogP contribution in [0.25, 0.3) is 0 Å². The number of amides is 1. The van der Waals surface area contributed by atoms with E-state index in [4.69, 9.17) is 20.3 Å². The average molecular weight is 426 g/mol. The molecule has 162 valence electrons. The van der Waals surface area contributed by atoms with Gasteiger partial charge in [0.1, 0.15) is 0 Å². The van der Waals surface area contributed by atoms with Crippen LogP contribution in [0.2, 0.25) is 0 Å². The van der Waals surface area contributed by atoms with Gasteiger partial charge in [-0.1, -0.05) is 60.7 Å². The zero-order valence-electron chi connectivity index (χ0n) is 16.7. The summed E-state index contributed by atoms with van der Waals surface area (Å²) >= 11 is 0. The normalized spacial score (nSPS) is 13.6. The van der Waals surface area contributed by atoms with Gasteiger partial charge in [0.25, 0.3) is 5.91 Å². The van der Waals surface area contributed by atoms with Gasteiger partial charge in [-0.05, 0) is 11.1 Å². The molecule has 9 nitrogen and oxygen atoms in total. The van der Waals surface area contributed by atoms with E-state index in [1.165, 1.54) is 7.11 Å². The van der Waals surface area contributed by atoms with E-state index >= 15 is 0 Å². The summed E-state index contributed by atoms with van der Waals surface area (Å²) in [6.45, 7) is -0.768. The number of carboxylic acids is 1. The highest BCUT2D eigenvalue weighted by Gasteiger charge is 2.49. The van der Waals surface area contributed by atoms with Crippen molar-refractivity contribution in [2.75, 3.05) is 13.7 Å². The van der Waals surface area contributed by atoms with Gasteiger partial charge in [-0.3, -0.25) is 4.79 Å². The first kappa shape index (κ1) is 23.3. The predicted octanol–water partition coefficient (Wildman–Crippen LogP) is 1.06. The summed E-state index contributed by atoms with van der Waals surface area (Å²) in [6, 6.07) is 15.9. The summed E-state index contributed by atoms with van der Waals surface area (Å²) in [5.74, 6) is -4.03. The lowest BCUT2D eigenvalue weighted by Gasteiger charge is -2.37. The Morgan fingerprint density at radius 1 is 1.03 bits per heavy atom. The molecule has 9 heteroatoms. The van der Waals surface area contributed by atoms with Crippen molar-refractivity contribution in [3.05, 3.63) is 83.9 Å². The Kier molecular flexibility index (Phi) is 8.04. The zero-order valence-corrected chi connectivity index (χ0v) is 16.7. The molecule has 0 aliphatic rings. The third-order valence-corrected chi connectivity index (χ3v) is 4.41. The number of esters is 2. The van der Waals surface area contributed by atoms with Crippen molar-refractivity contribution in [2.45, 2.75) is 11.6 Å². The number of carbonyl (C=O) groups excluding carboxylic acids is 3. The molecule has 2 aromatic rings. The monoisotopic (exact) mass is 426 g/mol. The van der Waals surface area contributed by atoms with Gasteiger partial charge in [0, 0.05) is 12.2 Å². The van der Waals surface area contributed by atoms with Gasteiger partial charge in [0.05, 0.1) is 13.2 Å². The Morgan fingerprint density at radius 2 is 1.61 bits per heavy atom. The number of nitrogens with two attached hydrogens (primary N) is 1. The van der Waals surface area contributed by atoms with E-state index in [9.17, 15) is 19.2 Å².